The predicted octanol–water partition coefficient (Wildman–Crippen LogP) is 7.31. The van der Waals surface area contributed by atoms with Crippen molar-refractivity contribution >= 4 is 27.5 Å². The molecule has 180 valence electrons. The standard InChI is InChI=1S/C30H23FN6/c1-17(18-5-6-18)34-23-10-21(13-32-14-23)19-7-8-27-25(11-19)30(37-36-27)28-12-24-26(15-33-16-29(24)35-28)20-3-2-4-22(31)9-20/h2-4,7-16,18,34-35H,1,5-6H2,(H,36,37). The first-order valence-electron chi connectivity index (χ1n) is 12.2. The second kappa shape index (κ2) is 8.41. The molecule has 6 nitrogen and oxygen atoms in total. The highest BCUT2D eigenvalue weighted by Gasteiger charge is 2.24. The molecule has 1 saturated carbocycles. The van der Waals surface area contributed by atoms with E-state index in [4.69, 9.17) is 0 Å². The summed E-state index contributed by atoms with van der Waals surface area (Å²) in [6.07, 6.45) is 9.64. The summed E-state index contributed by atoms with van der Waals surface area (Å²) in [4.78, 5) is 12.3. The lowest BCUT2D eigenvalue weighted by atomic mass is 10.0. The minimum Gasteiger partial charge on any atom is -0.358 e. The Morgan fingerprint density at radius 3 is 2.62 bits per heavy atom. The van der Waals surface area contributed by atoms with Gasteiger partial charge in [0.2, 0.25) is 0 Å². The zero-order chi connectivity index (χ0) is 24.9. The number of allylic oxidation sites excluding steroid dienone is 1. The van der Waals surface area contributed by atoms with Gasteiger partial charge in [-0.1, -0.05) is 24.8 Å². The lowest BCUT2D eigenvalue weighted by Gasteiger charge is -2.10. The van der Waals surface area contributed by atoms with E-state index in [0.717, 1.165) is 66.8 Å². The molecule has 0 spiro atoms. The Bertz CT molecular complexity index is 1810. The molecule has 1 aliphatic carbocycles. The topological polar surface area (TPSA) is 82.3 Å². The van der Waals surface area contributed by atoms with Crippen molar-refractivity contribution in [2.45, 2.75) is 12.8 Å². The highest BCUT2D eigenvalue weighted by molar-refractivity contribution is 6.01. The van der Waals surface area contributed by atoms with Crippen molar-refractivity contribution in [2.75, 3.05) is 5.32 Å². The molecule has 0 radical (unpaired) electrons. The van der Waals surface area contributed by atoms with Gasteiger partial charge in [0.15, 0.2) is 0 Å². The van der Waals surface area contributed by atoms with Crippen molar-refractivity contribution in [3.05, 3.63) is 97.5 Å². The monoisotopic (exact) mass is 486 g/mol. The minimum atomic E-state index is -0.276. The molecule has 3 N–H and O–H groups in total. The SMILES string of the molecule is C=C(Nc1cncc(-c2ccc3[nH]nc(-c4cc5c(-c6cccc(F)c6)cncc5[nH]4)c3c2)c1)C1CC1. The fourth-order valence-electron chi connectivity index (χ4n) is 4.85. The summed E-state index contributed by atoms with van der Waals surface area (Å²) in [5.74, 6) is 0.295. The molecule has 2 aromatic carbocycles. The molecule has 1 fully saturated rings. The molecule has 1 aliphatic rings. The first-order valence-corrected chi connectivity index (χ1v) is 12.2. The van der Waals surface area contributed by atoms with Gasteiger partial charge in [-0.25, -0.2) is 4.39 Å². The maximum absolute atomic E-state index is 13.9. The number of hydrogen-bond acceptors (Lipinski definition) is 4. The molecule has 6 aromatic rings. The molecule has 37 heavy (non-hydrogen) atoms. The Kier molecular flexibility index (Phi) is 4.89. The number of hydrogen-bond donors (Lipinski definition) is 3. The highest BCUT2D eigenvalue weighted by Crippen LogP contribution is 2.37. The van der Waals surface area contributed by atoms with Crippen molar-refractivity contribution in [1.29, 1.82) is 0 Å². The molecule has 0 unspecified atom stereocenters. The van der Waals surface area contributed by atoms with Crippen molar-refractivity contribution in [1.82, 2.24) is 25.1 Å². The number of nitrogens with zero attached hydrogens (tertiary/aromatic N) is 3. The highest BCUT2D eigenvalue weighted by atomic mass is 19.1. The summed E-state index contributed by atoms with van der Waals surface area (Å²) in [7, 11) is 0. The first kappa shape index (κ1) is 21.5. The van der Waals surface area contributed by atoms with Crippen LogP contribution in [-0.4, -0.2) is 25.1 Å². The van der Waals surface area contributed by atoms with E-state index in [1.165, 1.54) is 25.0 Å². The lowest BCUT2D eigenvalue weighted by molar-refractivity contribution is 0.628. The van der Waals surface area contributed by atoms with Crippen LogP contribution in [0.15, 0.2) is 91.7 Å². The van der Waals surface area contributed by atoms with E-state index in [9.17, 15) is 4.39 Å². The number of pyridine rings is 2. The van der Waals surface area contributed by atoms with Gasteiger partial charge in [-0.15, -0.1) is 0 Å². The first-order chi connectivity index (χ1) is 18.1. The number of fused-ring (bicyclic) bond motifs is 2. The zero-order valence-corrected chi connectivity index (χ0v) is 19.9. The number of benzene rings is 2. The van der Waals surface area contributed by atoms with Crippen LogP contribution in [-0.2, 0) is 0 Å². The quantitative estimate of drug-likeness (QED) is 0.231. The van der Waals surface area contributed by atoms with Gasteiger partial charge in [0.25, 0.3) is 0 Å². The Morgan fingerprint density at radius 2 is 1.76 bits per heavy atom. The molecular formula is C30H23FN6. The van der Waals surface area contributed by atoms with Gasteiger partial charge < -0.3 is 10.3 Å². The maximum atomic E-state index is 13.9. The molecule has 7 heteroatoms. The average Bonchev–Trinajstić information content (AvgIpc) is 3.55. The number of aromatic amines is 2. The number of halogens is 1. The van der Waals surface area contributed by atoms with Crippen LogP contribution in [0.5, 0.6) is 0 Å². The van der Waals surface area contributed by atoms with Gasteiger partial charge in [-0.2, -0.15) is 5.10 Å². The minimum absolute atomic E-state index is 0.276. The summed E-state index contributed by atoms with van der Waals surface area (Å²) in [5, 5.41) is 13.1. The number of nitrogens with one attached hydrogen (secondary N) is 3. The van der Waals surface area contributed by atoms with Crippen molar-refractivity contribution < 1.29 is 4.39 Å². The third-order valence-electron chi connectivity index (χ3n) is 6.95. The summed E-state index contributed by atoms with van der Waals surface area (Å²) >= 11 is 0. The Hall–Kier alpha value is -4.78. The predicted molar refractivity (Wildman–Crippen MR) is 145 cm³/mol. The van der Waals surface area contributed by atoms with Crippen LogP contribution >= 0.6 is 0 Å². The van der Waals surface area contributed by atoms with Gasteiger partial charge in [0, 0.05) is 40.0 Å². The van der Waals surface area contributed by atoms with E-state index in [2.05, 4.69) is 61.3 Å². The third-order valence-corrected chi connectivity index (χ3v) is 6.95. The van der Waals surface area contributed by atoms with Crippen molar-refractivity contribution in [2.24, 2.45) is 5.92 Å². The van der Waals surface area contributed by atoms with E-state index < -0.39 is 0 Å². The van der Waals surface area contributed by atoms with Crippen LogP contribution < -0.4 is 5.32 Å². The van der Waals surface area contributed by atoms with Crippen LogP contribution in [0.1, 0.15) is 12.8 Å². The summed E-state index contributed by atoms with van der Waals surface area (Å²) < 4.78 is 13.9. The molecular weight excluding hydrogens is 463 g/mol. The summed E-state index contributed by atoms with van der Waals surface area (Å²) in [6.45, 7) is 4.16. The Labute approximate surface area is 212 Å². The van der Waals surface area contributed by atoms with Gasteiger partial charge in [-0.05, 0) is 66.3 Å². The van der Waals surface area contributed by atoms with Gasteiger partial charge in [-0.3, -0.25) is 15.1 Å². The van der Waals surface area contributed by atoms with Gasteiger partial charge >= 0.3 is 0 Å². The largest absolute Gasteiger partial charge is 0.358 e. The van der Waals surface area contributed by atoms with E-state index in [0.29, 0.717) is 5.92 Å². The summed E-state index contributed by atoms with van der Waals surface area (Å²) in [5.41, 5.74) is 9.16. The molecule has 0 amide bonds. The number of rotatable bonds is 6. The number of anilines is 1. The van der Waals surface area contributed by atoms with Crippen LogP contribution in [0.3, 0.4) is 0 Å². The second-order valence-electron chi connectivity index (χ2n) is 9.56. The van der Waals surface area contributed by atoms with E-state index in [-0.39, 0.29) is 5.82 Å². The van der Waals surface area contributed by atoms with Crippen LogP contribution in [0.25, 0.3) is 55.4 Å². The molecule has 0 saturated heterocycles. The Balaban J connectivity index is 1.28. The number of aromatic nitrogens is 5. The van der Waals surface area contributed by atoms with Crippen LogP contribution in [0.2, 0.25) is 0 Å². The van der Waals surface area contributed by atoms with Gasteiger partial charge in [0.05, 0.1) is 34.8 Å². The second-order valence-corrected chi connectivity index (χ2v) is 9.56. The van der Waals surface area contributed by atoms with Gasteiger partial charge in [0.1, 0.15) is 11.5 Å². The lowest BCUT2D eigenvalue weighted by Crippen LogP contribution is -2.00. The maximum Gasteiger partial charge on any atom is 0.123 e. The molecule has 4 heterocycles. The molecule has 0 bridgehead atoms. The molecule has 0 aliphatic heterocycles. The fourth-order valence-corrected chi connectivity index (χ4v) is 4.85. The molecule has 0 atom stereocenters. The van der Waals surface area contributed by atoms with Crippen LogP contribution in [0.4, 0.5) is 10.1 Å². The van der Waals surface area contributed by atoms with E-state index in [1.54, 1.807) is 18.5 Å². The molecule has 4 aromatic heterocycles. The number of H-pyrrole nitrogens is 2. The van der Waals surface area contributed by atoms with E-state index >= 15 is 0 Å². The van der Waals surface area contributed by atoms with E-state index in [1.807, 2.05) is 24.5 Å². The molecule has 7 rings (SSSR count). The van der Waals surface area contributed by atoms with Crippen LogP contribution in [0, 0.1) is 11.7 Å². The normalized spacial score (nSPS) is 13.3. The van der Waals surface area contributed by atoms with Crippen molar-refractivity contribution in [3.63, 3.8) is 0 Å². The average molecular weight is 487 g/mol. The van der Waals surface area contributed by atoms with Crippen molar-refractivity contribution in [3.8, 4) is 33.6 Å². The fraction of sp³-hybridized carbons (Fsp3) is 0.100. The smallest absolute Gasteiger partial charge is 0.123 e. The summed E-state index contributed by atoms with van der Waals surface area (Å²) in [6, 6.07) is 16.9. The Morgan fingerprint density at radius 1 is 0.865 bits per heavy atom. The zero-order valence-electron chi connectivity index (χ0n) is 19.9. The third kappa shape index (κ3) is 3.94.